The van der Waals surface area contributed by atoms with Crippen molar-refractivity contribution in [1.29, 1.82) is 0 Å². The smallest absolute Gasteiger partial charge is 0.0933 e. The summed E-state index contributed by atoms with van der Waals surface area (Å²) >= 11 is 0. The molecule has 1 aliphatic heterocycles. The molecule has 0 spiro atoms. The van der Waals surface area contributed by atoms with Crippen LogP contribution in [0.3, 0.4) is 0 Å². The topological polar surface area (TPSA) is 48.3 Å². The summed E-state index contributed by atoms with van der Waals surface area (Å²) in [5, 5.41) is 7.42. The summed E-state index contributed by atoms with van der Waals surface area (Å²) in [6.45, 7) is 7.32. The summed E-state index contributed by atoms with van der Waals surface area (Å²) in [7, 11) is 0. The first-order chi connectivity index (χ1) is 7.88. The fourth-order valence-corrected chi connectivity index (χ4v) is 1.60. The summed E-state index contributed by atoms with van der Waals surface area (Å²) in [5.74, 6) is 0. The first-order valence-electron chi connectivity index (χ1n) is 5.44. The molecule has 1 aromatic heterocycles. The minimum Gasteiger partial charge on any atom is -0.376 e. The molecule has 5 nitrogen and oxygen atoms in total. The van der Waals surface area contributed by atoms with Crippen molar-refractivity contribution < 1.29 is 9.47 Å². The van der Waals surface area contributed by atoms with Gasteiger partial charge in [0.15, 0.2) is 0 Å². The predicted molar refractivity (Wildman–Crippen MR) is 60.9 cm³/mol. The molecule has 1 atom stereocenters. The number of hydrogen-bond donors (Lipinski definition) is 1. The number of nitrogens with zero attached hydrogens (tertiary/aromatic N) is 2. The summed E-state index contributed by atoms with van der Waals surface area (Å²) < 4.78 is 12.5. The Morgan fingerprint density at radius 3 is 3.25 bits per heavy atom. The summed E-state index contributed by atoms with van der Waals surface area (Å²) in [4.78, 5) is 0. The Labute approximate surface area is 95.0 Å². The van der Waals surface area contributed by atoms with Crippen LogP contribution in [0.15, 0.2) is 19.0 Å². The van der Waals surface area contributed by atoms with E-state index in [1.807, 2.05) is 12.4 Å². The Kier molecular flexibility index (Phi) is 4.10. The maximum Gasteiger partial charge on any atom is 0.0933 e. The van der Waals surface area contributed by atoms with Gasteiger partial charge in [-0.1, -0.05) is 6.58 Å². The van der Waals surface area contributed by atoms with E-state index in [0.29, 0.717) is 19.8 Å². The van der Waals surface area contributed by atoms with E-state index in [-0.39, 0.29) is 6.10 Å². The van der Waals surface area contributed by atoms with E-state index in [2.05, 4.69) is 17.0 Å². The lowest BCUT2D eigenvalue weighted by molar-refractivity contribution is -0.0864. The average molecular weight is 223 g/mol. The van der Waals surface area contributed by atoms with Crippen LogP contribution in [0.2, 0.25) is 0 Å². The SMILES string of the molecule is C=Cn1cc(CNCC2COCCO2)cn1. The van der Waals surface area contributed by atoms with Crippen molar-refractivity contribution in [3.8, 4) is 0 Å². The standard InChI is InChI=1S/C11H17N3O2/c1-2-14-8-10(6-13-14)5-12-7-11-9-15-3-4-16-11/h2,6,8,11-12H,1,3-5,7,9H2. The molecule has 88 valence electrons. The van der Waals surface area contributed by atoms with E-state index >= 15 is 0 Å². The molecular weight excluding hydrogens is 206 g/mol. The Balaban J connectivity index is 1.68. The van der Waals surface area contributed by atoms with Crippen LogP contribution in [0.4, 0.5) is 0 Å². The third-order valence-corrected chi connectivity index (χ3v) is 2.43. The highest BCUT2D eigenvalue weighted by Gasteiger charge is 2.13. The molecule has 0 aromatic carbocycles. The minimum atomic E-state index is 0.170. The van der Waals surface area contributed by atoms with Crippen molar-refractivity contribution in [2.24, 2.45) is 0 Å². The molecule has 1 fully saturated rings. The molecule has 16 heavy (non-hydrogen) atoms. The van der Waals surface area contributed by atoms with Gasteiger partial charge in [-0.15, -0.1) is 0 Å². The number of rotatable bonds is 5. The van der Waals surface area contributed by atoms with Gasteiger partial charge < -0.3 is 14.8 Å². The molecule has 2 rings (SSSR count). The van der Waals surface area contributed by atoms with E-state index in [1.54, 1.807) is 10.9 Å². The molecule has 0 amide bonds. The Morgan fingerprint density at radius 2 is 2.56 bits per heavy atom. The fourth-order valence-electron chi connectivity index (χ4n) is 1.60. The Hall–Kier alpha value is -1.17. The molecule has 5 heteroatoms. The summed E-state index contributed by atoms with van der Waals surface area (Å²) in [5.41, 5.74) is 1.14. The predicted octanol–water partition coefficient (Wildman–Crippen LogP) is 0.489. The Bertz CT molecular complexity index is 332. The van der Waals surface area contributed by atoms with E-state index in [1.165, 1.54) is 0 Å². The van der Waals surface area contributed by atoms with Gasteiger partial charge in [0.05, 0.1) is 32.1 Å². The van der Waals surface area contributed by atoms with Crippen molar-refractivity contribution in [2.45, 2.75) is 12.6 Å². The molecule has 1 N–H and O–H groups in total. The van der Waals surface area contributed by atoms with E-state index < -0.39 is 0 Å². The molecule has 1 aliphatic rings. The zero-order chi connectivity index (χ0) is 11.2. The van der Waals surface area contributed by atoms with Gasteiger partial charge in [-0.25, -0.2) is 4.68 Å². The lowest BCUT2D eigenvalue weighted by Crippen LogP contribution is -2.37. The minimum absolute atomic E-state index is 0.170. The highest BCUT2D eigenvalue weighted by molar-refractivity contribution is 5.17. The van der Waals surface area contributed by atoms with Crippen molar-refractivity contribution in [3.05, 3.63) is 24.5 Å². The lowest BCUT2D eigenvalue weighted by atomic mass is 10.3. The van der Waals surface area contributed by atoms with Crippen molar-refractivity contribution in [2.75, 3.05) is 26.4 Å². The normalized spacial score (nSPS) is 20.9. The molecule has 1 saturated heterocycles. The molecule has 1 aromatic rings. The number of ether oxygens (including phenoxy) is 2. The first-order valence-corrected chi connectivity index (χ1v) is 5.44. The van der Waals surface area contributed by atoms with Crippen molar-refractivity contribution in [3.63, 3.8) is 0 Å². The van der Waals surface area contributed by atoms with Gasteiger partial charge in [-0.05, 0) is 0 Å². The highest BCUT2D eigenvalue weighted by Crippen LogP contribution is 2.01. The maximum atomic E-state index is 5.52. The number of aromatic nitrogens is 2. The number of hydrogen-bond acceptors (Lipinski definition) is 4. The van der Waals surface area contributed by atoms with Crippen LogP contribution in [0.25, 0.3) is 6.20 Å². The van der Waals surface area contributed by atoms with Gasteiger partial charge in [-0.2, -0.15) is 5.10 Å². The molecule has 0 aliphatic carbocycles. The van der Waals surface area contributed by atoms with Crippen LogP contribution in [-0.2, 0) is 16.0 Å². The van der Waals surface area contributed by atoms with Crippen molar-refractivity contribution >= 4 is 6.20 Å². The van der Waals surface area contributed by atoms with E-state index in [4.69, 9.17) is 9.47 Å². The van der Waals surface area contributed by atoms with Gasteiger partial charge in [0.25, 0.3) is 0 Å². The van der Waals surface area contributed by atoms with Gasteiger partial charge in [0.2, 0.25) is 0 Å². The largest absolute Gasteiger partial charge is 0.376 e. The second-order valence-corrected chi connectivity index (χ2v) is 3.71. The van der Waals surface area contributed by atoms with E-state index in [9.17, 15) is 0 Å². The van der Waals surface area contributed by atoms with Crippen molar-refractivity contribution in [1.82, 2.24) is 15.1 Å². The molecule has 0 radical (unpaired) electrons. The van der Waals surface area contributed by atoms with Crippen LogP contribution in [-0.4, -0.2) is 42.2 Å². The van der Waals surface area contributed by atoms with Gasteiger partial charge in [0, 0.05) is 31.0 Å². The number of nitrogens with one attached hydrogen (secondary N) is 1. The monoisotopic (exact) mass is 223 g/mol. The zero-order valence-electron chi connectivity index (χ0n) is 9.26. The molecule has 0 saturated carbocycles. The van der Waals surface area contributed by atoms with Gasteiger partial charge in [-0.3, -0.25) is 0 Å². The van der Waals surface area contributed by atoms with Crippen LogP contribution >= 0.6 is 0 Å². The summed E-state index contributed by atoms with van der Waals surface area (Å²) in [6.07, 6.45) is 5.61. The van der Waals surface area contributed by atoms with Crippen LogP contribution in [0.5, 0.6) is 0 Å². The maximum absolute atomic E-state index is 5.52. The quantitative estimate of drug-likeness (QED) is 0.789. The molecule has 1 unspecified atom stereocenters. The molecule has 2 heterocycles. The average Bonchev–Trinajstić information content (AvgIpc) is 2.78. The highest BCUT2D eigenvalue weighted by atomic mass is 16.6. The molecule has 0 bridgehead atoms. The van der Waals surface area contributed by atoms with Crippen LogP contribution < -0.4 is 5.32 Å². The van der Waals surface area contributed by atoms with E-state index in [0.717, 1.165) is 18.7 Å². The fraction of sp³-hybridized carbons (Fsp3) is 0.545. The molecular formula is C11H17N3O2. The van der Waals surface area contributed by atoms with Gasteiger partial charge in [0.1, 0.15) is 0 Å². The lowest BCUT2D eigenvalue weighted by Gasteiger charge is -2.22. The second-order valence-electron chi connectivity index (χ2n) is 3.71. The Morgan fingerprint density at radius 1 is 1.62 bits per heavy atom. The van der Waals surface area contributed by atoms with Crippen LogP contribution in [0.1, 0.15) is 5.56 Å². The zero-order valence-corrected chi connectivity index (χ0v) is 9.26. The third kappa shape index (κ3) is 3.16. The second kappa shape index (κ2) is 5.79. The first kappa shape index (κ1) is 11.3. The van der Waals surface area contributed by atoms with Crippen LogP contribution in [0, 0.1) is 0 Å². The summed E-state index contributed by atoms with van der Waals surface area (Å²) in [6, 6.07) is 0. The third-order valence-electron chi connectivity index (χ3n) is 2.43. The van der Waals surface area contributed by atoms with Gasteiger partial charge >= 0.3 is 0 Å².